The molecule has 0 saturated heterocycles. The number of anilines is 1. The minimum Gasteiger partial charge on any atom is -0.345 e. The Morgan fingerprint density at radius 1 is 0.828 bits per heavy atom. The van der Waals surface area contributed by atoms with Gasteiger partial charge in [-0.2, -0.15) is 0 Å². The van der Waals surface area contributed by atoms with E-state index in [2.05, 4.69) is 10.6 Å². The van der Waals surface area contributed by atoms with E-state index in [1.807, 2.05) is 30.3 Å². The summed E-state index contributed by atoms with van der Waals surface area (Å²) < 4.78 is 0. The molecule has 3 aromatic carbocycles. The van der Waals surface area contributed by atoms with Crippen molar-refractivity contribution in [2.75, 3.05) is 5.32 Å². The van der Waals surface area contributed by atoms with Gasteiger partial charge in [-0.05, 0) is 35.9 Å². The van der Waals surface area contributed by atoms with Gasteiger partial charge < -0.3 is 10.6 Å². The van der Waals surface area contributed by atoms with Crippen molar-refractivity contribution in [2.24, 2.45) is 0 Å². The fourth-order valence-corrected chi connectivity index (χ4v) is 3.47. The second-order valence-corrected chi connectivity index (χ2v) is 7.54. The average molecular weight is 448 g/mol. The molecular formula is C22H17Cl3N2O2. The summed E-state index contributed by atoms with van der Waals surface area (Å²) in [5.41, 5.74) is 1.59. The van der Waals surface area contributed by atoms with Gasteiger partial charge in [0, 0.05) is 5.02 Å². The highest BCUT2D eigenvalue weighted by atomic mass is 35.5. The number of halogens is 3. The summed E-state index contributed by atoms with van der Waals surface area (Å²) in [7, 11) is 0. The first-order valence-electron chi connectivity index (χ1n) is 8.79. The first-order valence-corrected chi connectivity index (χ1v) is 9.92. The van der Waals surface area contributed by atoms with Gasteiger partial charge in [0.25, 0.3) is 5.91 Å². The molecule has 2 N–H and O–H groups in total. The number of carbonyl (C=O) groups is 2. The first-order chi connectivity index (χ1) is 13.9. The Morgan fingerprint density at radius 2 is 1.52 bits per heavy atom. The lowest BCUT2D eigenvalue weighted by Crippen LogP contribution is -2.31. The van der Waals surface area contributed by atoms with Crippen molar-refractivity contribution in [3.63, 3.8) is 0 Å². The van der Waals surface area contributed by atoms with Gasteiger partial charge >= 0.3 is 0 Å². The quantitative estimate of drug-likeness (QED) is 0.476. The van der Waals surface area contributed by atoms with Gasteiger partial charge in [-0.3, -0.25) is 9.59 Å². The van der Waals surface area contributed by atoms with Crippen LogP contribution in [0.5, 0.6) is 0 Å². The topological polar surface area (TPSA) is 58.2 Å². The standard InChI is InChI=1S/C22H17Cl3N2O2/c23-15-10-11-19(18(25)12-15)26-21(28)13-20(14-6-2-1-3-7-14)27-22(29)16-8-4-5-9-17(16)24/h1-12,20H,13H2,(H,26,28)(H,27,29). The lowest BCUT2D eigenvalue weighted by molar-refractivity contribution is -0.116. The molecule has 1 unspecified atom stereocenters. The van der Waals surface area contributed by atoms with E-state index in [1.54, 1.807) is 42.5 Å². The normalized spacial score (nSPS) is 11.6. The van der Waals surface area contributed by atoms with Crippen molar-refractivity contribution >= 4 is 52.3 Å². The molecule has 0 heterocycles. The van der Waals surface area contributed by atoms with Gasteiger partial charge in [-0.1, -0.05) is 77.3 Å². The maximum Gasteiger partial charge on any atom is 0.253 e. The third kappa shape index (κ3) is 5.73. The summed E-state index contributed by atoms with van der Waals surface area (Å²) in [6.45, 7) is 0. The molecule has 0 bridgehead atoms. The van der Waals surface area contributed by atoms with Crippen molar-refractivity contribution in [1.82, 2.24) is 5.32 Å². The van der Waals surface area contributed by atoms with E-state index in [1.165, 1.54) is 0 Å². The fraction of sp³-hybridized carbons (Fsp3) is 0.0909. The summed E-state index contributed by atoms with van der Waals surface area (Å²) >= 11 is 18.1. The van der Waals surface area contributed by atoms with Crippen LogP contribution >= 0.6 is 34.8 Å². The largest absolute Gasteiger partial charge is 0.345 e. The molecule has 0 aliphatic heterocycles. The molecule has 0 aliphatic rings. The predicted octanol–water partition coefficient (Wildman–Crippen LogP) is 6.15. The zero-order chi connectivity index (χ0) is 20.8. The highest BCUT2D eigenvalue weighted by Gasteiger charge is 2.21. The molecular weight excluding hydrogens is 431 g/mol. The number of hydrogen-bond donors (Lipinski definition) is 2. The van der Waals surface area contributed by atoms with E-state index in [0.717, 1.165) is 5.56 Å². The van der Waals surface area contributed by atoms with Crippen molar-refractivity contribution in [1.29, 1.82) is 0 Å². The lowest BCUT2D eigenvalue weighted by atomic mass is 10.0. The van der Waals surface area contributed by atoms with Crippen LogP contribution < -0.4 is 10.6 Å². The molecule has 0 fully saturated rings. The Kier molecular flexibility index (Phi) is 7.15. The number of carbonyl (C=O) groups excluding carboxylic acids is 2. The second-order valence-electron chi connectivity index (χ2n) is 6.29. The van der Waals surface area contributed by atoms with Gasteiger partial charge in [0.1, 0.15) is 0 Å². The third-order valence-electron chi connectivity index (χ3n) is 4.22. The minimum absolute atomic E-state index is 0.0131. The Morgan fingerprint density at radius 3 is 2.21 bits per heavy atom. The molecule has 0 saturated carbocycles. The number of benzene rings is 3. The van der Waals surface area contributed by atoms with Crippen molar-refractivity contribution in [2.45, 2.75) is 12.5 Å². The highest BCUT2D eigenvalue weighted by Crippen LogP contribution is 2.26. The molecule has 4 nitrogen and oxygen atoms in total. The number of nitrogens with one attached hydrogen (secondary N) is 2. The molecule has 7 heteroatoms. The van der Waals surface area contributed by atoms with Crippen LogP contribution in [0.25, 0.3) is 0 Å². The summed E-state index contributed by atoms with van der Waals surface area (Å²) in [5.74, 6) is -0.663. The Balaban J connectivity index is 1.78. The second kappa shape index (κ2) is 9.79. The molecule has 0 spiro atoms. The highest BCUT2D eigenvalue weighted by molar-refractivity contribution is 6.36. The van der Waals surface area contributed by atoms with Gasteiger partial charge in [0.05, 0.1) is 33.8 Å². The number of rotatable bonds is 6. The van der Waals surface area contributed by atoms with E-state index >= 15 is 0 Å². The molecule has 2 amide bonds. The van der Waals surface area contributed by atoms with Gasteiger partial charge in [-0.15, -0.1) is 0 Å². The molecule has 3 rings (SSSR count). The third-order valence-corrected chi connectivity index (χ3v) is 5.10. The Labute approximate surface area is 183 Å². The summed E-state index contributed by atoms with van der Waals surface area (Å²) in [4.78, 5) is 25.4. The first kappa shape index (κ1) is 21.2. The SMILES string of the molecule is O=C(CC(NC(=O)c1ccccc1Cl)c1ccccc1)Nc1ccc(Cl)cc1Cl. The van der Waals surface area contributed by atoms with E-state index in [9.17, 15) is 9.59 Å². The molecule has 29 heavy (non-hydrogen) atoms. The lowest BCUT2D eigenvalue weighted by Gasteiger charge is -2.20. The molecule has 3 aromatic rings. The van der Waals surface area contributed by atoms with Crippen LogP contribution in [-0.4, -0.2) is 11.8 Å². The summed E-state index contributed by atoms with van der Waals surface area (Å²) in [6, 6.07) is 20.3. The number of hydrogen-bond acceptors (Lipinski definition) is 2. The summed E-state index contributed by atoms with van der Waals surface area (Å²) in [6.07, 6.45) is 0.0131. The van der Waals surface area contributed by atoms with Crippen LogP contribution in [0.4, 0.5) is 5.69 Å². The number of amides is 2. The van der Waals surface area contributed by atoms with Crippen LogP contribution in [-0.2, 0) is 4.79 Å². The molecule has 0 radical (unpaired) electrons. The monoisotopic (exact) mass is 446 g/mol. The van der Waals surface area contributed by atoms with Gasteiger partial charge in [0.15, 0.2) is 0 Å². The van der Waals surface area contributed by atoms with Gasteiger partial charge in [0.2, 0.25) is 5.91 Å². The maximum absolute atomic E-state index is 12.7. The Bertz CT molecular complexity index is 1030. The smallest absolute Gasteiger partial charge is 0.253 e. The van der Waals surface area contributed by atoms with E-state index in [4.69, 9.17) is 34.8 Å². The van der Waals surface area contributed by atoms with Crippen LogP contribution in [0.2, 0.25) is 15.1 Å². The zero-order valence-electron chi connectivity index (χ0n) is 15.2. The van der Waals surface area contributed by atoms with Crippen molar-refractivity contribution in [3.05, 3.63) is 99.0 Å². The maximum atomic E-state index is 12.7. The van der Waals surface area contributed by atoms with Crippen LogP contribution in [0, 0.1) is 0 Å². The van der Waals surface area contributed by atoms with Crippen molar-refractivity contribution < 1.29 is 9.59 Å². The fourth-order valence-electron chi connectivity index (χ4n) is 2.80. The molecule has 0 aliphatic carbocycles. The predicted molar refractivity (Wildman–Crippen MR) is 118 cm³/mol. The summed E-state index contributed by atoms with van der Waals surface area (Å²) in [5, 5.41) is 6.80. The van der Waals surface area contributed by atoms with Crippen LogP contribution in [0.1, 0.15) is 28.4 Å². The van der Waals surface area contributed by atoms with Crippen molar-refractivity contribution in [3.8, 4) is 0 Å². The van der Waals surface area contributed by atoms with E-state index in [-0.39, 0.29) is 18.2 Å². The molecule has 148 valence electrons. The Hall–Kier alpha value is -2.53. The van der Waals surface area contributed by atoms with Crippen LogP contribution in [0.3, 0.4) is 0 Å². The average Bonchev–Trinajstić information content (AvgIpc) is 2.70. The van der Waals surface area contributed by atoms with E-state index in [0.29, 0.717) is 26.3 Å². The molecule has 1 atom stereocenters. The van der Waals surface area contributed by atoms with Crippen LogP contribution in [0.15, 0.2) is 72.8 Å². The molecule has 0 aromatic heterocycles. The minimum atomic E-state index is -0.550. The van der Waals surface area contributed by atoms with Gasteiger partial charge in [-0.25, -0.2) is 0 Å². The zero-order valence-corrected chi connectivity index (χ0v) is 17.4. The van der Waals surface area contributed by atoms with E-state index < -0.39 is 6.04 Å².